The average molecular weight is 223 g/mol. The fraction of sp³-hybridized carbons (Fsp3) is 0.615. The molecule has 1 aliphatic rings. The number of carbonyl (C=O) groups is 1. The molecule has 0 bridgehead atoms. The van der Waals surface area contributed by atoms with Crippen LogP contribution in [-0.2, 0) is 9.53 Å². The smallest absolute Gasteiger partial charge is 0.306 e. The molecule has 0 aromatic carbocycles. The fourth-order valence-corrected chi connectivity index (χ4v) is 1.92. The Hall–Kier alpha value is -1.25. The highest BCUT2D eigenvalue weighted by atomic mass is 16.5. The maximum atomic E-state index is 11.5. The first-order valence-corrected chi connectivity index (χ1v) is 5.81. The third kappa shape index (κ3) is 2.87. The van der Waals surface area contributed by atoms with Crippen molar-refractivity contribution in [2.45, 2.75) is 33.6 Å². The fourth-order valence-electron chi connectivity index (χ4n) is 1.92. The molecule has 0 fully saturated rings. The van der Waals surface area contributed by atoms with Gasteiger partial charge in [0.1, 0.15) is 0 Å². The number of hydrogen-bond donors (Lipinski definition) is 1. The summed E-state index contributed by atoms with van der Waals surface area (Å²) in [6, 6.07) is 0. The summed E-state index contributed by atoms with van der Waals surface area (Å²) in [6.07, 6.45) is 3.50. The van der Waals surface area contributed by atoms with Gasteiger partial charge >= 0.3 is 5.97 Å². The summed E-state index contributed by atoms with van der Waals surface area (Å²) in [6.45, 7) is 11.0. The Morgan fingerprint density at radius 1 is 1.62 bits per heavy atom. The van der Waals surface area contributed by atoms with Crippen molar-refractivity contribution in [3.8, 4) is 0 Å². The summed E-state index contributed by atoms with van der Waals surface area (Å²) < 4.78 is 5.01. The predicted octanol–water partition coefficient (Wildman–Crippen LogP) is 2.40. The van der Waals surface area contributed by atoms with Crippen LogP contribution in [0, 0.1) is 5.41 Å². The van der Waals surface area contributed by atoms with E-state index in [2.05, 4.69) is 24.9 Å². The highest BCUT2D eigenvalue weighted by Crippen LogP contribution is 2.34. The number of allylic oxidation sites excluding steroid dienone is 1. The van der Waals surface area contributed by atoms with Crippen molar-refractivity contribution in [1.82, 2.24) is 5.32 Å². The quantitative estimate of drug-likeness (QED) is 0.727. The van der Waals surface area contributed by atoms with Gasteiger partial charge in [0, 0.05) is 17.7 Å². The van der Waals surface area contributed by atoms with Crippen molar-refractivity contribution in [3.05, 3.63) is 23.9 Å². The predicted molar refractivity (Wildman–Crippen MR) is 64.9 cm³/mol. The Balaban J connectivity index is 2.73. The zero-order valence-electron chi connectivity index (χ0n) is 10.4. The maximum absolute atomic E-state index is 11.5. The number of carbonyl (C=O) groups excluding carboxylic acids is 1. The van der Waals surface area contributed by atoms with Crippen LogP contribution in [0.2, 0.25) is 0 Å². The normalized spacial score (nSPS) is 23.6. The maximum Gasteiger partial charge on any atom is 0.306 e. The summed E-state index contributed by atoms with van der Waals surface area (Å²) >= 11 is 0. The molecule has 3 heteroatoms. The first kappa shape index (κ1) is 12.8. The second kappa shape index (κ2) is 5.19. The second-order valence-corrected chi connectivity index (χ2v) is 4.39. The SMILES string of the molecule is C=C(C)C1=CC(CC)(CC(=O)OCC)CN1. The van der Waals surface area contributed by atoms with E-state index in [0.717, 1.165) is 24.2 Å². The molecule has 3 nitrogen and oxygen atoms in total. The molecule has 1 unspecified atom stereocenters. The standard InChI is InChI=1S/C13H21NO2/c1-5-13(8-12(15)16-6-2)7-11(10(3)4)14-9-13/h7,14H,3,5-6,8-9H2,1-2,4H3. The van der Waals surface area contributed by atoms with Gasteiger partial charge in [0.25, 0.3) is 0 Å². The Labute approximate surface area is 97.6 Å². The zero-order chi connectivity index (χ0) is 12.2. The molecular weight excluding hydrogens is 202 g/mol. The highest BCUT2D eigenvalue weighted by Gasteiger charge is 2.34. The Kier molecular flexibility index (Phi) is 4.16. The molecular formula is C13H21NO2. The topological polar surface area (TPSA) is 38.3 Å². The monoisotopic (exact) mass is 223 g/mol. The number of nitrogens with one attached hydrogen (secondary N) is 1. The van der Waals surface area contributed by atoms with Crippen molar-refractivity contribution < 1.29 is 9.53 Å². The van der Waals surface area contributed by atoms with Crippen molar-refractivity contribution in [2.24, 2.45) is 5.41 Å². The van der Waals surface area contributed by atoms with Gasteiger partial charge in [-0.15, -0.1) is 0 Å². The third-order valence-corrected chi connectivity index (χ3v) is 3.05. The number of hydrogen-bond acceptors (Lipinski definition) is 3. The minimum Gasteiger partial charge on any atom is -0.466 e. The minimum atomic E-state index is -0.120. The van der Waals surface area contributed by atoms with Crippen LogP contribution >= 0.6 is 0 Å². The van der Waals surface area contributed by atoms with Gasteiger partial charge in [-0.2, -0.15) is 0 Å². The van der Waals surface area contributed by atoms with Gasteiger partial charge < -0.3 is 10.1 Å². The van der Waals surface area contributed by atoms with Crippen molar-refractivity contribution >= 4 is 5.97 Å². The first-order valence-electron chi connectivity index (χ1n) is 5.81. The summed E-state index contributed by atoms with van der Waals surface area (Å²) in [5.41, 5.74) is 1.98. The number of ether oxygens (including phenoxy) is 1. The van der Waals surface area contributed by atoms with Crippen LogP contribution in [-0.4, -0.2) is 19.1 Å². The van der Waals surface area contributed by atoms with Gasteiger partial charge in [0.2, 0.25) is 0 Å². The third-order valence-electron chi connectivity index (χ3n) is 3.05. The van der Waals surface area contributed by atoms with Crippen LogP contribution in [0.3, 0.4) is 0 Å². The van der Waals surface area contributed by atoms with Crippen molar-refractivity contribution in [3.63, 3.8) is 0 Å². The average Bonchev–Trinajstić information content (AvgIpc) is 2.63. The van der Waals surface area contributed by atoms with Crippen LogP contribution < -0.4 is 5.32 Å². The van der Waals surface area contributed by atoms with Gasteiger partial charge in [-0.1, -0.05) is 19.6 Å². The zero-order valence-corrected chi connectivity index (χ0v) is 10.4. The molecule has 0 amide bonds. The summed E-state index contributed by atoms with van der Waals surface area (Å²) in [4.78, 5) is 11.5. The molecule has 0 radical (unpaired) electrons. The molecule has 1 N–H and O–H groups in total. The summed E-state index contributed by atoms with van der Waals surface area (Å²) in [5, 5.41) is 3.30. The van der Waals surface area contributed by atoms with E-state index in [9.17, 15) is 4.79 Å². The molecule has 90 valence electrons. The van der Waals surface area contributed by atoms with E-state index in [-0.39, 0.29) is 11.4 Å². The number of esters is 1. The molecule has 0 aromatic heterocycles. The lowest BCUT2D eigenvalue weighted by atomic mass is 9.83. The van der Waals surface area contributed by atoms with E-state index < -0.39 is 0 Å². The second-order valence-electron chi connectivity index (χ2n) is 4.39. The van der Waals surface area contributed by atoms with Gasteiger partial charge in [-0.25, -0.2) is 0 Å². The lowest BCUT2D eigenvalue weighted by molar-refractivity contribution is -0.145. The summed E-state index contributed by atoms with van der Waals surface area (Å²) in [7, 11) is 0. The van der Waals surface area contributed by atoms with E-state index in [1.807, 2.05) is 13.8 Å². The Bertz CT molecular complexity index is 320. The molecule has 0 spiro atoms. The van der Waals surface area contributed by atoms with Gasteiger partial charge in [0.05, 0.1) is 13.0 Å². The van der Waals surface area contributed by atoms with E-state index in [4.69, 9.17) is 4.74 Å². The Morgan fingerprint density at radius 3 is 2.75 bits per heavy atom. The molecule has 1 atom stereocenters. The summed E-state index contributed by atoms with van der Waals surface area (Å²) in [5.74, 6) is -0.120. The lowest BCUT2D eigenvalue weighted by Gasteiger charge is -2.23. The molecule has 1 rings (SSSR count). The first-order chi connectivity index (χ1) is 7.53. The van der Waals surface area contributed by atoms with Crippen LogP contribution in [0.15, 0.2) is 23.9 Å². The van der Waals surface area contributed by atoms with Crippen LogP contribution in [0.25, 0.3) is 0 Å². The molecule has 0 aromatic rings. The molecule has 1 aliphatic heterocycles. The van der Waals surface area contributed by atoms with Crippen molar-refractivity contribution in [1.29, 1.82) is 0 Å². The van der Waals surface area contributed by atoms with Crippen molar-refractivity contribution in [2.75, 3.05) is 13.2 Å². The van der Waals surface area contributed by atoms with Crippen LogP contribution in [0.4, 0.5) is 0 Å². The minimum absolute atomic E-state index is 0.0967. The van der Waals surface area contributed by atoms with E-state index in [1.54, 1.807) is 0 Å². The van der Waals surface area contributed by atoms with E-state index in [1.165, 1.54) is 0 Å². The van der Waals surface area contributed by atoms with E-state index >= 15 is 0 Å². The molecule has 0 saturated carbocycles. The lowest BCUT2D eigenvalue weighted by Crippen LogP contribution is -2.28. The Morgan fingerprint density at radius 2 is 2.31 bits per heavy atom. The molecule has 1 heterocycles. The van der Waals surface area contributed by atoms with Gasteiger partial charge in [0.15, 0.2) is 0 Å². The highest BCUT2D eigenvalue weighted by molar-refractivity contribution is 5.71. The van der Waals surface area contributed by atoms with Gasteiger partial charge in [-0.05, 0) is 25.8 Å². The van der Waals surface area contributed by atoms with Gasteiger partial charge in [-0.3, -0.25) is 4.79 Å². The molecule has 0 saturated heterocycles. The molecule has 0 aliphatic carbocycles. The largest absolute Gasteiger partial charge is 0.466 e. The molecule has 16 heavy (non-hydrogen) atoms. The van der Waals surface area contributed by atoms with E-state index in [0.29, 0.717) is 13.0 Å². The number of rotatable bonds is 5. The van der Waals surface area contributed by atoms with Crippen LogP contribution in [0.5, 0.6) is 0 Å². The van der Waals surface area contributed by atoms with Crippen LogP contribution in [0.1, 0.15) is 33.6 Å².